The standard InChI is InChI=1S/C82H124ClN2/c1-7-9-11-13-15-17-19-21-23-25-27-29-31-33-35-37-39-41-43-49-66-84-74-62-58-68-52-45-47-56-72(68)78(74)81(3,4)76(84)64-60-70-54-51-55-71(80(70)83)61-65-77-82(5,6)79-73-57-48-46-53-69(73)59-63-75(79)85(77)67-50-44-42-40-38-36-34-32-30-28-26-24-22-20-18-16-14-12-10-8-2/h45-48,52-53,56-65H,7-44,49-51,54-55,66-67H2,1-6H3/q+1. The molecule has 85 heavy (non-hydrogen) atoms. The molecule has 7 rings (SSSR count). The first-order valence-electron chi connectivity index (χ1n) is 36.6. The summed E-state index contributed by atoms with van der Waals surface area (Å²) in [6.45, 7) is 16.6. The van der Waals surface area contributed by atoms with Crippen molar-refractivity contribution >= 4 is 50.2 Å². The number of fused-ring (bicyclic) bond motifs is 6. The van der Waals surface area contributed by atoms with Gasteiger partial charge in [-0.1, -0.05) is 344 Å². The Labute approximate surface area is 528 Å². The zero-order valence-corrected chi connectivity index (χ0v) is 56.6. The first-order valence-corrected chi connectivity index (χ1v) is 37.0. The van der Waals surface area contributed by atoms with E-state index in [1.165, 1.54) is 323 Å². The summed E-state index contributed by atoms with van der Waals surface area (Å²) < 4.78 is 2.69. The predicted octanol–water partition coefficient (Wildman–Crippen LogP) is 26.9. The van der Waals surface area contributed by atoms with Crippen molar-refractivity contribution in [3.63, 3.8) is 0 Å². The van der Waals surface area contributed by atoms with Gasteiger partial charge in [0.1, 0.15) is 6.54 Å². The number of hydrogen-bond acceptors (Lipinski definition) is 1. The van der Waals surface area contributed by atoms with Gasteiger partial charge in [0, 0.05) is 52.5 Å². The number of anilines is 1. The molecule has 0 N–H and O–H groups in total. The maximum atomic E-state index is 7.61. The van der Waals surface area contributed by atoms with E-state index < -0.39 is 0 Å². The van der Waals surface area contributed by atoms with Crippen LogP contribution < -0.4 is 4.90 Å². The molecule has 0 amide bonds. The molecule has 4 aromatic rings. The Bertz CT molecular complexity index is 2720. The van der Waals surface area contributed by atoms with Crippen LogP contribution in [-0.4, -0.2) is 23.4 Å². The molecule has 2 heterocycles. The van der Waals surface area contributed by atoms with Gasteiger partial charge in [0.2, 0.25) is 5.69 Å². The summed E-state index contributed by atoms with van der Waals surface area (Å²) in [7, 11) is 0. The number of rotatable bonds is 45. The van der Waals surface area contributed by atoms with E-state index >= 15 is 0 Å². The van der Waals surface area contributed by atoms with Gasteiger partial charge in [0.15, 0.2) is 5.71 Å². The number of halogens is 1. The molecule has 0 fully saturated rings. The molecule has 0 unspecified atom stereocenters. The van der Waals surface area contributed by atoms with Crippen LogP contribution in [0.15, 0.2) is 119 Å². The van der Waals surface area contributed by atoms with Crippen molar-refractivity contribution in [2.45, 2.75) is 328 Å². The molecule has 0 radical (unpaired) electrons. The van der Waals surface area contributed by atoms with Gasteiger partial charge in [-0.15, -0.1) is 0 Å². The summed E-state index contributed by atoms with van der Waals surface area (Å²) in [4.78, 5) is 2.69. The van der Waals surface area contributed by atoms with E-state index in [9.17, 15) is 0 Å². The highest BCUT2D eigenvalue weighted by molar-refractivity contribution is 6.32. The van der Waals surface area contributed by atoms with E-state index in [0.29, 0.717) is 0 Å². The first kappa shape index (κ1) is 68.6. The lowest BCUT2D eigenvalue weighted by molar-refractivity contribution is -0.438. The van der Waals surface area contributed by atoms with E-state index in [1.54, 1.807) is 0 Å². The summed E-state index contributed by atoms with van der Waals surface area (Å²) in [5.74, 6) is 0. The summed E-state index contributed by atoms with van der Waals surface area (Å²) in [5, 5.41) is 6.40. The smallest absolute Gasteiger partial charge is 0.210 e. The summed E-state index contributed by atoms with van der Waals surface area (Å²) >= 11 is 7.61. The van der Waals surface area contributed by atoms with Crippen molar-refractivity contribution in [3.8, 4) is 0 Å². The number of unbranched alkanes of at least 4 members (excludes halogenated alkanes) is 38. The minimum atomic E-state index is -0.132. The molecule has 468 valence electrons. The molecule has 0 saturated carbocycles. The van der Waals surface area contributed by atoms with Gasteiger partial charge < -0.3 is 4.90 Å². The van der Waals surface area contributed by atoms with Crippen LogP contribution in [-0.2, 0) is 10.8 Å². The van der Waals surface area contributed by atoms with Crippen molar-refractivity contribution in [2.75, 3.05) is 18.0 Å². The maximum absolute atomic E-state index is 7.61. The van der Waals surface area contributed by atoms with Gasteiger partial charge >= 0.3 is 0 Å². The third kappa shape index (κ3) is 21.1. The van der Waals surface area contributed by atoms with Gasteiger partial charge in [0.05, 0.1) is 5.41 Å². The predicted molar refractivity (Wildman–Crippen MR) is 379 cm³/mol. The zero-order valence-electron chi connectivity index (χ0n) is 55.8. The monoisotopic (exact) mass is 1170 g/mol. The lowest BCUT2D eigenvalue weighted by atomic mass is 9.78. The minimum absolute atomic E-state index is 0.132. The molecule has 0 spiro atoms. The molecule has 0 atom stereocenters. The van der Waals surface area contributed by atoms with E-state index in [1.807, 2.05) is 0 Å². The SMILES string of the molecule is CCCCCCCCCCCCCCCCCCCCCCN1/C(=C\C=C2/CCCC(/C=C/C3=[N+](CCCCCCCCCCCCCCCCCCCCCC)c4ccc5ccccc5c4C3(C)C)=C2Cl)C(C)(C)c2c1ccc1ccccc21. The zero-order chi connectivity index (χ0) is 59.8. The number of nitrogens with zero attached hydrogens (tertiary/aromatic N) is 2. The Morgan fingerprint density at radius 1 is 0.424 bits per heavy atom. The molecule has 0 saturated heterocycles. The van der Waals surface area contributed by atoms with Crippen molar-refractivity contribution in [1.82, 2.24) is 0 Å². The highest BCUT2D eigenvalue weighted by Gasteiger charge is 2.45. The second-order valence-corrected chi connectivity index (χ2v) is 28.4. The average molecular weight is 1170 g/mol. The quantitative estimate of drug-likeness (QED) is 0.0316. The van der Waals surface area contributed by atoms with Crippen LogP contribution in [0.25, 0.3) is 21.5 Å². The second kappa shape index (κ2) is 38.5. The lowest BCUT2D eigenvalue weighted by Gasteiger charge is -2.27. The van der Waals surface area contributed by atoms with Crippen molar-refractivity contribution < 1.29 is 4.58 Å². The lowest BCUT2D eigenvalue weighted by Crippen LogP contribution is -2.28. The van der Waals surface area contributed by atoms with Gasteiger partial charge in [0.25, 0.3) is 0 Å². The molecule has 0 bridgehead atoms. The fourth-order valence-electron chi connectivity index (χ4n) is 15.2. The molecular weight excluding hydrogens is 1050 g/mol. The molecule has 3 heteroatoms. The summed E-state index contributed by atoms with van der Waals surface area (Å²) in [6, 6.07) is 27.6. The van der Waals surface area contributed by atoms with Crippen LogP contribution >= 0.6 is 11.6 Å². The van der Waals surface area contributed by atoms with Gasteiger partial charge in [-0.05, 0) is 102 Å². The van der Waals surface area contributed by atoms with Gasteiger partial charge in [-0.25, -0.2) is 0 Å². The van der Waals surface area contributed by atoms with E-state index in [-0.39, 0.29) is 10.8 Å². The minimum Gasteiger partial charge on any atom is -0.344 e. The normalized spacial score (nSPS) is 16.7. The molecule has 3 aliphatic rings. The molecule has 4 aromatic carbocycles. The largest absolute Gasteiger partial charge is 0.344 e. The molecular formula is C82H124ClN2+. The Hall–Kier alpha value is -3.88. The van der Waals surface area contributed by atoms with Crippen LogP contribution in [0.3, 0.4) is 0 Å². The van der Waals surface area contributed by atoms with Crippen molar-refractivity contribution in [2.24, 2.45) is 0 Å². The second-order valence-electron chi connectivity index (χ2n) is 28.0. The Morgan fingerprint density at radius 2 is 0.835 bits per heavy atom. The number of allylic oxidation sites excluding steroid dienone is 8. The van der Waals surface area contributed by atoms with Crippen LogP contribution in [0, 0.1) is 0 Å². The molecule has 2 aliphatic heterocycles. The average Bonchev–Trinajstić information content (AvgIpc) is 1.84. The van der Waals surface area contributed by atoms with E-state index in [0.717, 1.165) is 37.4 Å². The van der Waals surface area contributed by atoms with Gasteiger partial charge in [-0.3, -0.25) is 0 Å². The highest BCUT2D eigenvalue weighted by atomic mass is 35.5. The van der Waals surface area contributed by atoms with E-state index in [4.69, 9.17) is 11.6 Å². The van der Waals surface area contributed by atoms with Crippen LogP contribution in [0.5, 0.6) is 0 Å². The fraction of sp³-hybridized carbons (Fsp3) is 0.646. The highest BCUT2D eigenvalue weighted by Crippen LogP contribution is 2.51. The third-order valence-corrected chi connectivity index (χ3v) is 20.8. The van der Waals surface area contributed by atoms with Crippen molar-refractivity contribution in [1.29, 1.82) is 0 Å². The summed E-state index contributed by atoms with van der Waals surface area (Å²) in [5.41, 5.74) is 10.8. The Morgan fingerprint density at radius 3 is 1.31 bits per heavy atom. The summed E-state index contributed by atoms with van der Waals surface area (Å²) in [6.07, 6.45) is 69.3. The van der Waals surface area contributed by atoms with Crippen LogP contribution in [0.2, 0.25) is 0 Å². The molecule has 2 nitrogen and oxygen atoms in total. The number of hydrogen-bond donors (Lipinski definition) is 0. The van der Waals surface area contributed by atoms with Crippen LogP contribution in [0.4, 0.5) is 11.4 Å². The maximum Gasteiger partial charge on any atom is 0.210 e. The topological polar surface area (TPSA) is 6.25 Å². The van der Waals surface area contributed by atoms with E-state index in [2.05, 4.69) is 148 Å². The molecule has 0 aromatic heterocycles. The Balaban J connectivity index is 0.913. The fourth-order valence-corrected chi connectivity index (χ4v) is 15.5. The van der Waals surface area contributed by atoms with Crippen LogP contribution in [0.1, 0.15) is 329 Å². The Kier molecular flexibility index (Phi) is 31.1. The third-order valence-electron chi connectivity index (χ3n) is 20.3. The first-order chi connectivity index (χ1) is 41.7. The number of benzene rings is 4. The van der Waals surface area contributed by atoms with Crippen molar-refractivity contribution in [3.05, 3.63) is 130 Å². The van der Waals surface area contributed by atoms with Gasteiger partial charge in [-0.2, -0.15) is 4.58 Å². The molecule has 1 aliphatic carbocycles.